The molecule has 1 N–H and O–H groups in total. The molecule has 0 fully saturated rings. The van der Waals surface area contributed by atoms with Gasteiger partial charge < -0.3 is 9.30 Å². The summed E-state index contributed by atoms with van der Waals surface area (Å²) in [6.45, 7) is 5.03. The van der Waals surface area contributed by atoms with E-state index in [2.05, 4.69) is 11.5 Å². The van der Waals surface area contributed by atoms with Crippen LogP contribution in [-0.2, 0) is 16.1 Å². The van der Waals surface area contributed by atoms with Crippen LogP contribution < -0.4 is 11.2 Å². The highest BCUT2D eigenvalue weighted by Crippen LogP contribution is 2.25. The van der Waals surface area contributed by atoms with Gasteiger partial charge >= 0.3 is 11.7 Å². The third-order valence-corrected chi connectivity index (χ3v) is 5.01. The van der Waals surface area contributed by atoms with Crippen molar-refractivity contribution in [1.82, 2.24) is 14.1 Å². The Labute approximate surface area is 172 Å². The van der Waals surface area contributed by atoms with E-state index in [1.807, 2.05) is 49.2 Å². The van der Waals surface area contributed by atoms with Gasteiger partial charge in [0, 0.05) is 29.2 Å². The number of carbonyl (C=O) groups is 2. The van der Waals surface area contributed by atoms with Crippen LogP contribution in [0.2, 0.25) is 0 Å². The van der Waals surface area contributed by atoms with Crippen molar-refractivity contribution in [2.45, 2.75) is 33.4 Å². The zero-order chi connectivity index (χ0) is 21.8. The highest BCUT2D eigenvalue weighted by Gasteiger charge is 2.20. The zero-order valence-electron chi connectivity index (χ0n) is 17.0. The maximum atomic E-state index is 12.7. The van der Waals surface area contributed by atoms with E-state index in [1.54, 1.807) is 6.07 Å². The van der Waals surface area contributed by atoms with Gasteiger partial charge in [0.2, 0.25) is 5.78 Å². The van der Waals surface area contributed by atoms with Crippen LogP contribution in [0.3, 0.4) is 0 Å². The van der Waals surface area contributed by atoms with Crippen LogP contribution in [0.25, 0.3) is 0 Å². The monoisotopic (exact) mass is 409 g/mol. The van der Waals surface area contributed by atoms with E-state index in [0.717, 1.165) is 27.6 Å². The number of hydrogen-bond donors (Lipinski definition) is 1. The molecule has 0 radical (unpaired) electrons. The lowest BCUT2D eigenvalue weighted by atomic mass is 10.1. The Kier molecular flexibility index (Phi) is 6.15. The molecule has 0 unspecified atom stereocenters. The van der Waals surface area contributed by atoms with Crippen LogP contribution in [0.15, 0.2) is 58.3 Å². The molecule has 0 saturated carbocycles. The van der Waals surface area contributed by atoms with E-state index < -0.39 is 30.4 Å². The molecule has 0 bridgehead atoms. The van der Waals surface area contributed by atoms with Gasteiger partial charge in [-0.15, -0.1) is 0 Å². The van der Waals surface area contributed by atoms with Gasteiger partial charge in [0.05, 0.1) is 6.04 Å². The van der Waals surface area contributed by atoms with Crippen molar-refractivity contribution in [2.75, 3.05) is 6.61 Å². The number of nitrogens with zero attached hydrogens (tertiary/aromatic N) is 2. The first kappa shape index (κ1) is 21.0. The fourth-order valence-electron chi connectivity index (χ4n) is 3.51. The average Bonchev–Trinajstić information content (AvgIpc) is 3.02. The molecule has 3 aromatic rings. The minimum atomic E-state index is -0.746. The van der Waals surface area contributed by atoms with Gasteiger partial charge in [-0.2, -0.15) is 0 Å². The van der Waals surface area contributed by atoms with Crippen molar-refractivity contribution in [2.24, 2.45) is 0 Å². The largest absolute Gasteiger partial charge is 0.456 e. The molecular weight excluding hydrogens is 386 g/mol. The van der Waals surface area contributed by atoms with Gasteiger partial charge in [0.25, 0.3) is 5.56 Å². The van der Waals surface area contributed by atoms with E-state index in [1.165, 1.54) is 6.20 Å². The summed E-state index contributed by atoms with van der Waals surface area (Å²) in [6, 6.07) is 12.9. The van der Waals surface area contributed by atoms with Crippen LogP contribution in [-0.4, -0.2) is 32.5 Å². The van der Waals surface area contributed by atoms with Crippen molar-refractivity contribution in [3.8, 4) is 0 Å². The van der Waals surface area contributed by atoms with Crippen molar-refractivity contribution < 1.29 is 14.3 Å². The van der Waals surface area contributed by atoms with Crippen molar-refractivity contribution in [1.29, 1.82) is 0 Å². The quantitative estimate of drug-likeness (QED) is 0.475. The van der Waals surface area contributed by atoms with E-state index in [4.69, 9.17) is 4.74 Å². The van der Waals surface area contributed by atoms with Crippen LogP contribution >= 0.6 is 0 Å². The SMILES string of the molecule is Cc1cc(C(=O)COC(=O)Cn2ccc(=O)[nH]c2=O)c(C)n1[C@@H](C)c1ccccc1. The molecule has 156 valence electrons. The third-order valence-electron chi connectivity index (χ3n) is 5.01. The van der Waals surface area contributed by atoms with Crippen molar-refractivity contribution in [3.05, 3.63) is 92.0 Å². The molecule has 1 aromatic carbocycles. The molecule has 1 atom stereocenters. The summed E-state index contributed by atoms with van der Waals surface area (Å²) in [5, 5.41) is 0. The lowest BCUT2D eigenvalue weighted by Gasteiger charge is -2.19. The summed E-state index contributed by atoms with van der Waals surface area (Å²) in [5.74, 6) is -1.07. The van der Waals surface area contributed by atoms with Crippen LogP contribution in [0.4, 0.5) is 0 Å². The van der Waals surface area contributed by atoms with Crippen LogP contribution in [0.1, 0.15) is 40.3 Å². The highest BCUT2D eigenvalue weighted by molar-refractivity contribution is 5.99. The lowest BCUT2D eigenvalue weighted by Crippen LogP contribution is -2.31. The number of Topliss-reactive ketones (excluding diaryl/α,β-unsaturated/α-hetero) is 1. The minimum absolute atomic E-state index is 0.0439. The molecule has 0 amide bonds. The Balaban J connectivity index is 1.69. The number of nitrogens with one attached hydrogen (secondary N) is 1. The summed E-state index contributed by atoms with van der Waals surface area (Å²) in [6.07, 6.45) is 1.20. The Hall–Kier alpha value is -3.68. The number of ether oxygens (including phenoxy) is 1. The molecule has 8 nitrogen and oxygen atoms in total. The summed E-state index contributed by atoms with van der Waals surface area (Å²) >= 11 is 0. The number of H-pyrrole nitrogens is 1. The topological polar surface area (TPSA) is 103 Å². The normalized spacial score (nSPS) is 11.8. The molecule has 2 heterocycles. The molecular formula is C22H23N3O5. The first-order valence-corrected chi connectivity index (χ1v) is 9.50. The number of rotatable bonds is 7. The van der Waals surface area contributed by atoms with E-state index in [9.17, 15) is 19.2 Å². The molecule has 2 aromatic heterocycles. The Morgan fingerprint density at radius 1 is 1.10 bits per heavy atom. The predicted molar refractivity (Wildman–Crippen MR) is 111 cm³/mol. The number of ketones is 1. The number of esters is 1. The summed E-state index contributed by atoms with van der Waals surface area (Å²) in [5.41, 5.74) is 2.06. The molecule has 0 saturated heterocycles. The molecule has 0 aliphatic heterocycles. The van der Waals surface area contributed by atoms with Crippen molar-refractivity contribution in [3.63, 3.8) is 0 Å². The molecule has 30 heavy (non-hydrogen) atoms. The Morgan fingerprint density at radius 2 is 1.80 bits per heavy atom. The average molecular weight is 409 g/mol. The fourth-order valence-corrected chi connectivity index (χ4v) is 3.51. The van der Waals surface area contributed by atoms with Gasteiger partial charge in [0.15, 0.2) is 6.61 Å². The second-order valence-corrected chi connectivity index (χ2v) is 7.06. The van der Waals surface area contributed by atoms with E-state index in [0.29, 0.717) is 5.56 Å². The number of benzene rings is 1. The number of carbonyl (C=O) groups excluding carboxylic acids is 2. The van der Waals surface area contributed by atoms with Gasteiger partial charge in [-0.05, 0) is 32.4 Å². The smallest absolute Gasteiger partial charge is 0.328 e. The minimum Gasteiger partial charge on any atom is -0.456 e. The van der Waals surface area contributed by atoms with Gasteiger partial charge in [-0.25, -0.2) is 4.79 Å². The number of hydrogen-bond acceptors (Lipinski definition) is 5. The fraction of sp³-hybridized carbons (Fsp3) is 0.273. The second kappa shape index (κ2) is 8.77. The molecule has 0 spiro atoms. The lowest BCUT2D eigenvalue weighted by molar-refractivity contribution is -0.143. The van der Waals surface area contributed by atoms with Gasteiger partial charge in [0.1, 0.15) is 6.54 Å². The summed E-state index contributed by atoms with van der Waals surface area (Å²) < 4.78 is 8.12. The van der Waals surface area contributed by atoms with Crippen LogP contribution in [0, 0.1) is 13.8 Å². The Bertz CT molecular complexity index is 1190. The Morgan fingerprint density at radius 3 is 2.47 bits per heavy atom. The second-order valence-electron chi connectivity index (χ2n) is 7.06. The van der Waals surface area contributed by atoms with Gasteiger partial charge in [-0.3, -0.25) is 23.9 Å². The van der Waals surface area contributed by atoms with E-state index >= 15 is 0 Å². The molecule has 8 heteroatoms. The highest BCUT2D eigenvalue weighted by atomic mass is 16.5. The first-order valence-electron chi connectivity index (χ1n) is 9.50. The zero-order valence-corrected chi connectivity index (χ0v) is 17.0. The summed E-state index contributed by atoms with van der Waals surface area (Å²) in [7, 11) is 0. The standard InChI is InChI=1S/C22H23N3O5/c1-14-11-18(16(3)25(14)15(2)17-7-5-4-6-8-17)19(26)13-30-21(28)12-24-10-9-20(27)23-22(24)29/h4-11,15H,12-13H2,1-3H3,(H,23,27,29)/t15-/m0/s1. The number of aryl methyl sites for hydroxylation is 1. The third kappa shape index (κ3) is 4.48. The number of aromatic amines is 1. The molecule has 3 rings (SSSR count). The van der Waals surface area contributed by atoms with Gasteiger partial charge in [-0.1, -0.05) is 30.3 Å². The molecule has 0 aliphatic carbocycles. The maximum absolute atomic E-state index is 12.7. The maximum Gasteiger partial charge on any atom is 0.328 e. The number of aromatic nitrogens is 3. The van der Waals surface area contributed by atoms with Crippen molar-refractivity contribution >= 4 is 11.8 Å². The van der Waals surface area contributed by atoms with Crippen LogP contribution in [0.5, 0.6) is 0 Å². The molecule has 0 aliphatic rings. The predicted octanol–water partition coefficient (Wildman–Crippen LogP) is 1.99. The first-order chi connectivity index (χ1) is 14.3. The van der Waals surface area contributed by atoms with E-state index in [-0.39, 0.29) is 11.8 Å². The summed E-state index contributed by atoms with van der Waals surface area (Å²) in [4.78, 5) is 49.4.